The molecule has 1 aliphatic rings. The molecule has 168 valence electrons. The largest absolute Gasteiger partial charge is 0.489 e. The van der Waals surface area contributed by atoms with Crippen LogP contribution in [-0.2, 0) is 4.79 Å². The molecule has 2 heterocycles. The fourth-order valence-electron chi connectivity index (χ4n) is 3.27. The van der Waals surface area contributed by atoms with Gasteiger partial charge in [0, 0.05) is 30.9 Å². The summed E-state index contributed by atoms with van der Waals surface area (Å²) in [4.78, 5) is 17.1. The molecule has 1 N–H and O–H groups in total. The molecule has 1 fully saturated rings. The van der Waals surface area contributed by atoms with Gasteiger partial charge in [-0.05, 0) is 30.7 Å². The van der Waals surface area contributed by atoms with Gasteiger partial charge >= 0.3 is 6.43 Å². The number of hydrogen-bond donors (Lipinski definition) is 1. The maximum absolute atomic E-state index is 12.4. The molecule has 6 nitrogen and oxygen atoms in total. The van der Waals surface area contributed by atoms with E-state index in [9.17, 15) is 22.4 Å². The van der Waals surface area contributed by atoms with Gasteiger partial charge in [0.25, 0.3) is 12.3 Å². The molecule has 0 saturated carbocycles. The molecule has 10 heteroatoms. The highest BCUT2D eigenvalue weighted by molar-refractivity contribution is 5.79. The van der Waals surface area contributed by atoms with Crippen LogP contribution in [0, 0.1) is 0 Å². The number of carbonyl (C=O) groups excluding carboxylic acids is 1. The molecule has 0 bridgehead atoms. The Labute approximate surface area is 177 Å². The fourth-order valence-corrected chi connectivity index (χ4v) is 3.27. The monoisotopic (exact) mass is 441 g/mol. The van der Waals surface area contributed by atoms with E-state index in [4.69, 9.17) is 9.47 Å². The number of anilines is 1. The number of amides is 1. The van der Waals surface area contributed by atoms with E-state index in [-0.39, 0.29) is 12.0 Å². The lowest BCUT2D eigenvalue weighted by Crippen LogP contribution is -2.31. The number of aromatic nitrogens is 1. The summed E-state index contributed by atoms with van der Waals surface area (Å²) < 4.78 is 60.3. The van der Waals surface area contributed by atoms with Crippen molar-refractivity contribution >= 4 is 11.6 Å². The van der Waals surface area contributed by atoms with Crippen molar-refractivity contribution < 1.29 is 31.8 Å². The van der Waals surface area contributed by atoms with Crippen LogP contribution in [-0.4, -0.2) is 49.5 Å². The molecule has 1 aromatic carbocycles. The summed E-state index contributed by atoms with van der Waals surface area (Å²) in [6.45, 7) is 2.24. The number of hydrogen-bond acceptors (Lipinski definition) is 5. The standard InChI is InChI=1S/C21H23F4N3O3/c1-13(27-21(29)20(24)25)14-2-4-16(5-3-14)31-17-7-9-28(11-17)15-6-8-26-19(10-15)30-12-18(22)23/h2-6,8,10,13,17-18,20H,7,9,11-12H2,1H3,(H,27,29)/t13-,17?/m0/s1. The van der Waals surface area contributed by atoms with Gasteiger partial charge in [0.15, 0.2) is 6.61 Å². The van der Waals surface area contributed by atoms with Gasteiger partial charge in [-0.25, -0.2) is 13.8 Å². The smallest absolute Gasteiger partial charge is 0.315 e. The maximum Gasteiger partial charge on any atom is 0.315 e. The second-order valence-electron chi connectivity index (χ2n) is 7.13. The maximum atomic E-state index is 12.4. The highest BCUT2D eigenvalue weighted by Crippen LogP contribution is 2.26. The van der Waals surface area contributed by atoms with Crippen molar-refractivity contribution in [2.45, 2.75) is 38.3 Å². The molecular weight excluding hydrogens is 418 g/mol. The molecule has 2 atom stereocenters. The predicted molar refractivity (Wildman–Crippen MR) is 106 cm³/mol. The summed E-state index contributed by atoms with van der Waals surface area (Å²) in [5.74, 6) is -0.540. The number of pyridine rings is 1. The molecular formula is C21H23F4N3O3. The second kappa shape index (κ2) is 10.3. The third-order valence-electron chi connectivity index (χ3n) is 4.83. The van der Waals surface area contributed by atoms with E-state index >= 15 is 0 Å². The Morgan fingerprint density at radius 3 is 2.65 bits per heavy atom. The number of benzene rings is 1. The predicted octanol–water partition coefficient (Wildman–Crippen LogP) is 3.83. The van der Waals surface area contributed by atoms with Gasteiger partial charge in [0.2, 0.25) is 5.88 Å². The first kappa shape index (κ1) is 22.6. The number of ether oxygens (including phenoxy) is 2. The summed E-state index contributed by atoms with van der Waals surface area (Å²) in [6, 6.07) is 9.74. The van der Waals surface area contributed by atoms with Crippen molar-refractivity contribution in [1.29, 1.82) is 0 Å². The summed E-state index contributed by atoms with van der Waals surface area (Å²) >= 11 is 0. The fraction of sp³-hybridized carbons (Fsp3) is 0.429. The highest BCUT2D eigenvalue weighted by Gasteiger charge is 2.25. The number of rotatable bonds is 9. The van der Waals surface area contributed by atoms with Gasteiger partial charge in [0.05, 0.1) is 12.6 Å². The number of alkyl halides is 4. The van der Waals surface area contributed by atoms with E-state index in [1.165, 1.54) is 6.20 Å². The third-order valence-corrected chi connectivity index (χ3v) is 4.83. The van der Waals surface area contributed by atoms with Gasteiger partial charge < -0.3 is 19.7 Å². The zero-order chi connectivity index (χ0) is 22.4. The topological polar surface area (TPSA) is 63.7 Å². The summed E-state index contributed by atoms with van der Waals surface area (Å²) in [6.07, 6.45) is -3.43. The second-order valence-corrected chi connectivity index (χ2v) is 7.13. The van der Waals surface area contributed by atoms with Gasteiger partial charge in [-0.15, -0.1) is 0 Å². The van der Waals surface area contributed by atoms with E-state index in [2.05, 4.69) is 15.2 Å². The third kappa shape index (κ3) is 6.47. The molecule has 31 heavy (non-hydrogen) atoms. The SMILES string of the molecule is C[C@H](NC(=O)C(F)F)c1ccc(OC2CCN(c3ccnc(OCC(F)F)c3)C2)cc1. The Balaban J connectivity index is 1.53. The van der Waals surface area contributed by atoms with E-state index in [0.29, 0.717) is 17.9 Å². The van der Waals surface area contributed by atoms with Crippen molar-refractivity contribution in [3.63, 3.8) is 0 Å². The lowest BCUT2D eigenvalue weighted by atomic mass is 10.1. The zero-order valence-electron chi connectivity index (χ0n) is 16.8. The number of nitrogens with zero attached hydrogens (tertiary/aromatic N) is 2. The first-order chi connectivity index (χ1) is 14.8. The molecule has 0 spiro atoms. The first-order valence-corrected chi connectivity index (χ1v) is 9.79. The van der Waals surface area contributed by atoms with Crippen molar-refractivity contribution in [3.05, 3.63) is 48.2 Å². The van der Waals surface area contributed by atoms with Gasteiger partial charge in [0.1, 0.15) is 11.9 Å². The van der Waals surface area contributed by atoms with Crippen LogP contribution in [0.25, 0.3) is 0 Å². The van der Waals surface area contributed by atoms with Crippen molar-refractivity contribution in [2.24, 2.45) is 0 Å². The van der Waals surface area contributed by atoms with Crippen LogP contribution < -0.4 is 19.7 Å². The number of carbonyl (C=O) groups is 1. The summed E-state index contributed by atoms with van der Waals surface area (Å²) in [7, 11) is 0. The Morgan fingerprint density at radius 1 is 1.23 bits per heavy atom. The highest BCUT2D eigenvalue weighted by atomic mass is 19.3. The number of nitrogens with one attached hydrogen (secondary N) is 1. The quantitative estimate of drug-likeness (QED) is 0.600. The Kier molecular flexibility index (Phi) is 7.54. The molecule has 1 unspecified atom stereocenters. The van der Waals surface area contributed by atoms with Crippen molar-refractivity contribution in [3.8, 4) is 11.6 Å². The molecule has 1 aromatic heterocycles. The van der Waals surface area contributed by atoms with Crippen molar-refractivity contribution in [2.75, 3.05) is 24.6 Å². The van der Waals surface area contributed by atoms with E-state index in [1.807, 2.05) is 0 Å². The Morgan fingerprint density at radius 2 is 1.97 bits per heavy atom. The Bertz CT molecular complexity index is 867. The van der Waals surface area contributed by atoms with E-state index in [1.54, 1.807) is 43.3 Å². The van der Waals surface area contributed by atoms with Crippen LogP contribution in [0.3, 0.4) is 0 Å². The first-order valence-electron chi connectivity index (χ1n) is 9.79. The minimum atomic E-state index is -3.05. The molecule has 1 saturated heterocycles. The minimum absolute atomic E-state index is 0.0830. The van der Waals surface area contributed by atoms with Gasteiger partial charge in [-0.3, -0.25) is 4.79 Å². The van der Waals surface area contributed by atoms with Crippen molar-refractivity contribution in [1.82, 2.24) is 10.3 Å². The van der Waals surface area contributed by atoms with Crippen LogP contribution in [0.1, 0.15) is 24.9 Å². The molecule has 0 radical (unpaired) electrons. The normalized spacial score (nSPS) is 17.1. The van der Waals surface area contributed by atoms with Crippen LogP contribution in [0.15, 0.2) is 42.6 Å². The average molecular weight is 441 g/mol. The van der Waals surface area contributed by atoms with Crippen LogP contribution in [0.5, 0.6) is 11.6 Å². The molecule has 0 aliphatic carbocycles. The van der Waals surface area contributed by atoms with Crippen LogP contribution in [0.4, 0.5) is 23.2 Å². The zero-order valence-corrected chi connectivity index (χ0v) is 16.8. The van der Waals surface area contributed by atoms with Gasteiger partial charge in [-0.1, -0.05) is 12.1 Å². The molecule has 1 aliphatic heterocycles. The summed E-state index contributed by atoms with van der Waals surface area (Å²) in [5, 5.41) is 2.24. The summed E-state index contributed by atoms with van der Waals surface area (Å²) in [5.41, 5.74) is 1.49. The van der Waals surface area contributed by atoms with E-state index < -0.39 is 31.4 Å². The lowest BCUT2D eigenvalue weighted by Gasteiger charge is -2.20. The Hall–Kier alpha value is -3.04. The average Bonchev–Trinajstić information content (AvgIpc) is 3.21. The van der Waals surface area contributed by atoms with Gasteiger partial charge in [-0.2, -0.15) is 8.78 Å². The molecule has 3 rings (SSSR count). The van der Waals surface area contributed by atoms with Crippen LogP contribution >= 0.6 is 0 Å². The molecule has 2 aromatic rings. The minimum Gasteiger partial charge on any atom is -0.489 e. The number of halogens is 4. The lowest BCUT2D eigenvalue weighted by molar-refractivity contribution is -0.132. The molecule has 1 amide bonds. The van der Waals surface area contributed by atoms with E-state index in [0.717, 1.165) is 18.7 Å². The van der Waals surface area contributed by atoms with Crippen LogP contribution in [0.2, 0.25) is 0 Å².